The Bertz CT molecular complexity index is 909. The fourth-order valence-corrected chi connectivity index (χ4v) is 6.31. The van der Waals surface area contributed by atoms with Crippen LogP contribution < -0.4 is 5.32 Å². The van der Waals surface area contributed by atoms with Crippen LogP contribution in [0.4, 0.5) is 5.69 Å². The van der Waals surface area contributed by atoms with Gasteiger partial charge in [0, 0.05) is 10.7 Å². The third-order valence-electron chi connectivity index (χ3n) is 6.88. The molecule has 0 radical (unpaired) electrons. The summed E-state index contributed by atoms with van der Waals surface area (Å²) in [7, 11) is 0. The second-order valence-corrected chi connectivity index (χ2v) is 9.42. The number of hydrogen-bond donors (Lipinski definition) is 1. The van der Waals surface area contributed by atoms with Gasteiger partial charge in [0.1, 0.15) is 0 Å². The first-order valence-corrected chi connectivity index (χ1v) is 10.1. The lowest BCUT2D eigenvalue weighted by Gasteiger charge is -2.60. The van der Waals surface area contributed by atoms with Crippen LogP contribution in [0.1, 0.15) is 49.9 Å². The summed E-state index contributed by atoms with van der Waals surface area (Å²) in [5.41, 5.74) is 1.28. The molecule has 4 saturated carbocycles. The van der Waals surface area contributed by atoms with Crippen LogP contribution in [0.5, 0.6) is 0 Å². The van der Waals surface area contributed by atoms with E-state index in [9.17, 15) is 4.79 Å². The number of benzene rings is 1. The molecule has 0 spiro atoms. The number of rotatable bonds is 3. The van der Waals surface area contributed by atoms with Crippen LogP contribution in [-0.2, 0) is 10.3 Å². The predicted octanol–water partition coefficient (Wildman–Crippen LogP) is 3.88. The molecular weight excluding hydrogens is 362 g/mol. The second kappa shape index (κ2) is 5.77. The van der Waals surface area contributed by atoms with E-state index in [1.807, 2.05) is 36.8 Å². The van der Waals surface area contributed by atoms with Crippen LogP contribution in [0.2, 0.25) is 5.02 Å². The van der Waals surface area contributed by atoms with Crippen molar-refractivity contribution in [1.29, 1.82) is 0 Å². The molecule has 4 bridgehead atoms. The smallest absolute Gasteiger partial charge is 0.230 e. The highest BCUT2D eigenvalue weighted by atomic mass is 35.5. The minimum atomic E-state index is -0.344. The molecule has 142 valence electrons. The molecule has 0 aliphatic heterocycles. The summed E-state index contributed by atoms with van der Waals surface area (Å²) >= 11 is 6.24. The zero-order valence-corrected chi connectivity index (χ0v) is 16.5. The van der Waals surface area contributed by atoms with Gasteiger partial charge in [-0.2, -0.15) is 4.80 Å². The molecule has 7 heteroatoms. The lowest BCUT2D eigenvalue weighted by Crippen LogP contribution is -2.60. The van der Waals surface area contributed by atoms with Crippen molar-refractivity contribution in [3.63, 3.8) is 0 Å². The standard InChI is InChI=1S/C20H24ClN5O/c1-12-3-4-16(6-17(12)21)22-18(27)19-7-14-5-15(8-19)10-20(9-14,11-19)26-24-13(2)23-25-26/h3-4,6,14-15H,5,7-11H2,1-2H3,(H,22,27). The maximum atomic E-state index is 13.4. The van der Waals surface area contributed by atoms with Crippen LogP contribution >= 0.6 is 11.6 Å². The Labute approximate surface area is 163 Å². The van der Waals surface area contributed by atoms with E-state index in [1.165, 1.54) is 6.42 Å². The molecule has 1 aromatic carbocycles. The van der Waals surface area contributed by atoms with E-state index in [-0.39, 0.29) is 16.9 Å². The molecule has 6 rings (SSSR count). The molecular formula is C20H24ClN5O. The molecule has 2 unspecified atom stereocenters. The van der Waals surface area contributed by atoms with E-state index in [0.717, 1.165) is 43.4 Å². The molecule has 0 saturated heterocycles. The number of tetrazole rings is 1. The van der Waals surface area contributed by atoms with E-state index in [0.29, 0.717) is 22.7 Å². The Kier molecular flexibility index (Phi) is 3.67. The summed E-state index contributed by atoms with van der Waals surface area (Å²) in [6.07, 6.45) is 6.07. The van der Waals surface area contributed by atoms with Gasteiger partial charge in [0.25, 0.3) is 0 Å². The lowest BCUT2D eigenvalue weighted by molar-refractivity contribution is -0.152. The Hall–Kier alpha value is -1.95. The molecule has 1 heterocycles. The Morgan fingerprint density at radius 2 is 1.96 bits per heavy atom. The zero-order chi connectivity index (χ0) is 18.8. The molecule has 2 atom stereocenters. The second-order valence-electron chi connectivity index (χ2n) is 9.01. The molecule has 1 N–H and O–H groups in total. The number of hydrogen-bond acceptors (Lipinski definition) is 4. The van der Waals surface area contributed by atoms with Crippen LogP contribution in [-0.4, -0.2) is 26.1 Å². The number of aryl methyl sites for hydroxylation is 2. The van der Waals surface area contributed by atoms with Gasteiger partial charge in [0.15, 0.2) is 5.82 Å². The van der Waals surface area contributed by atoms with E-state index in [4.69, 9.17) is 11.6 Å². The van der Waals surface area contributed by atoms with Gasteiger partial charge < -0.3 is 5.32 Å². The van der Waals surface area contributed by atoms with Crippen molar-refractivity contribution in [2.75, 3.05) is 5.32 Å². The van der Waals surface area contributed by atoms with Gasteiger partial charge in [-0.05, 0) is 87.1 Å². The summed E-state index contributed by atoms with van der Waals surface area (Å²) in [5, 5.41) is 16.8. The van der Waals surface area contributed by atoms with Crippen molar-refractivity contribution in [1.82, 2.24) is 20.2 Å². The maximum absolute atomic E-state index is 13.4. The van der Waals surface area contributed by atoms with Crippen molar-refractivity contribution >= 4 is 23.2 Å². The SMILES string of the molecule is Cc1nnn(C23CC4CC(CC(C(=O)Nc5ccc(C)c(Cl)c5)(C4)C2)C3)n1. The zero-order valence-electron chi connectivity index (χ0n) is 15.7. The van der Waals surface area contributed by atoms with Crippen molar-refractivity contribution < 1.29 is 4.79 Å². The average Bonchev–Trinajstić information content (AvgIpc) is 3.04. The number of carbonyl (C=O) groups is 1. The topological polar surface area (TPSA) is 72.7 Å². The highest BCUT2D eigenvalue weighted by molar-refractivity contribution is 6.31. The average molecular weight is 386 g/mol. The largest absolute Gasteiger partial charge is 0.326 e. The van der Waals surface area contributed by atoms with Gasteiger partial charge in [-0.15, -0.1) is 10.2 Å². The van der Waals surface area contributed by atoms with Gasteiger partial charge >= 0.3 is 0 Å². The monoisotopic (exact) mass is 385 g/mol. The molecule has 4 aliphatic rings. The number of aromatic nitrogens is 4. The summed E-state index contributed by atoms with van der Waals surface area (Å²) in [6.45, 7) is 3.83. The van der Waals surface area contributed by atoms with E-state index < -0.39 is 0 Å². The summed E-state index contributed by atoms with van der Waals surface area (Å²) < 4.78 is 0. The van der Waals surface area contributed by atoms with Gasteiger partial charge in [0.2, 0.25) is 5.91 Å². The first-order valence-electron chi connectivity index (χ1n) is 9.72. The minimum Gasteiger partial charge on any atom is -0.326 e. The van der Waals surface area contributed by atoms with Gasteiger partial charge in [0.05, 0.1) is 11.0 Å². The summed E-state index contributed by atoms with van der Waals surface area (Å²) in [6, 6.07) is 5.71. The molecule has 4 fully saturated rings. The van der Waals surface area contributed by atoms with Crippen molar-refractivity contribution in [3.05, 3.63) is 34.6 Å². The van der Waals surface area contributed by atoms with Crippen LogP contribution in [0.15, 0.2) is 18.2 Å². The highest BCUT2D eigenvalue weighted by Gasteiger charge is 2.62. The van der Waals surface area contributed by atoms with Crippen LogP contribution in [0.3, 0.4) is 0 Å². The number of halogens is 1. The normalized spacial score (nSPS) is 34.0. The Morgan fingerprint density at radius 1 is 1.22 bits per heavy atom. The highest BCUT2D eigenvalue weighted by Crippen LogP contribution is 2.64. The van der Waals surface area contributed by atoms with Crippen LogP contribution in [0.25, 0.3) is 0 Å². The molecule has 1 aromatic heterocycles. The number of anilines is 1. The number of amides is 1. The van der Waals surface area contributed by atoms with Gasteiger partial charge in [-0.25, -0.2) is 0 Å². The number of nitrogens with one attached hydrogen (secondary N) is 1. The molecule has 2 aromatic rings. The first kappa shape index (κ1) is 17.2. The Balaban J connectivity index is 1.46. The Morgan fingerprint density at radius 3 is 2.59 bits per heavy atom. The van der Waals surface area contributed by atoms with Crippen molar-refractivity contribution in [2.24, 2.45) is 17.3 Å². The fraction of sp³-hybridized carbons (Fsp3) is 0.600. The van der Waals surface area contributed by atoms with Crippen molar-refractivity contribution in [2.45, 2.75) is 57.9 Å². The molecule has 1 amide bonds. The molecule has 6 nitrogen and oxygen atoms in total. The quantitative estimate of drug-likeness (QED) is 0.870. The third kappa shape index (κ3) is 2.68. The fourth-order valence-electron chi connectivity index (χ4n) is 6.13. The summed E-state index contributed by atoms with van der Waals surface area (Å²) in [4.78, 5) is 15.2. The third-order valence-corrected chi connectivity index (χ3v) is 7.29. The molecule has 4 aliphatic carbocycles. The van der Waals surface area contributed by atoms with E-state index in [1.54, 1.807) is 0 Å². The van der Waals surface area contributed by atoms with E-state index in [2.05, 4.69) is 20.7 Å². The number of nitrogens with zero attached hydrogens (tertiary/aromatic N) is 4. The van der Waals surface area contributed by atoms with Crippen molar-refractivity contribution in [3.8, 4) is 0 Å². The van der Waals surface area contributed by atoms with Crippen LogP contribution in [0, 0.1) is 31.1 Å². The first-order chi connectivity index (χ1) is 12.9. The summed E-state index contributed by atoms with van der Waals surface area (Å²) in [5.74, 6) is 1.94. The number of carbonyl (C=O) groups excluding carboxylic acids is 1. The van der Waals surface area contributed by atoms with Gasteiger partial charge in [-0.3, -0.25) is 4.79 Å². The van der Waals surface area contributed by atoms with E-state index >= 15 is 0 Å². The van der Waals surface area contributed by atoms with Gasteiger partial charge in [-0.1, -0.05) is 17.7 Å². The molecule has 27 heavy (non-hydrogen) atoms. The lowest BCUT2D eigenvalue weighted by atomic mass is 9.46. The predicted molar refractivity (Wildman–Crippen MR) is 102 cm³/mol. The maximum Gasteiger partial charge on any atom is 0.230 e. The minimum absolute atomic E-state index is 0.123.